The lowest BCUT2D eigenvalue weighted by Gasteiger charge is -2.39. The van der Waals surface area contributed by atoms with Gasteiger partial charge in [0.05, 0.1) is 19.3 Å². The van der Waals surface area contributed by atoms with Gasteiger partial charge in [0.15, 0.2) is 5.60 Å². The van der Waals surface area contributed by atoms with Gasteiger partial charge in [0.2, 0.25) is 0 Å². The third-order valence-electron chi connectivity index (χ3n) is 3.84. The zero-order valence-corrected chi connectivity index (χ0v) is 14.1. The Morgan fingerprint density at radius 3 is 2.52 bits per heavy atom. The van der Waals surface area contributed by atoms with Crippen LogP contribution in [0.2, 0.25) is 5.02 Å². The molecular weight excluding hydrogens is 314 g/mol. The minimum Gasteiger partial charge on any atom is -0.497 e. The summed E-state index contributed by atoms with van der Waals surface area (Å²) in [5, 5.41) is 0.569. The van der Waals surface area contributed by atoms with Crippen molar-refractivity contribution in [2.75, 3.05) is 12.0 Å². The number of carbonyl (C=O) groups excluding carboxylic acids is 1. The van der Waals surface area contributed by atoms with E-state index in [0.717, 1.165) is 11.3 Å². The molecule has 2 aromatic carbocycles. The number of nitrogens with zero attached hydrogens (tertiary/aromatic N) is 1. The molecule has 0 fully saturated rings. The van der Waals surface area contributed by atoms with Crippen molar-refractivity contribution >= 4 is 23.2 Å². The highest BCUT2D eigenvalue weighted by molar-refractivity contribution is 6.31. The Morgan fingerprint density at radius 2 is 1.87 bits per heavy atom. The van der Waals surface area contributed by atoms with Crippen LogP contribution in [0.5, 0.6) is 11.5 Å². The Bertz CT molecular complexity index is 740. The fraction of sp³-hybridized carbons (Fsp3) is 0.278. The van der Waals surface area contributed by atoms with Crippen molar-refractivity contribution in [2.45, 2.75) is 26.0 Å². The number of hydrogen-bond donors (Lipinski definition) is 0. The van der Waals surface area contributed by atoms with Crippen LogP contribution in [0.3, 0.4) is 0 Å². The van der Waals surface area contributed by atoms with Crippen LogP contribution in [0, 0.1) is 0 Å². The maximum atomic E-state index is 12.8. The monoisotopic (exact) mass is 331 g/mol. The lowest BCUT2D eigenvalue weighted by atomic mass is 10.0. The zero-order valence-electron chi connectivity index (χ0n) is 13.3. The maximum absolute atomic E-state index is 12.8. The maximum Gasteiger partial charge on any atom is 0.271 e. The minimum atomic E-state index is -0.909. The van der Waals surface area contributed by atoms with Gasteiger partial charge in [-0.1, -0.05) is 23.7 Å². The number of fused-ring (bicyclic) bond motifs is 1. The van der Waals surface area contributed by atoms with Gasteiger partial charge < -0.3 is 14.4 Å². The number of benzene rings is 2. The molecule has 23 heavy (non-hydrogen) atoms. The molecule has 0 unspecified atom stereocenters. The topological polar surface area (TPSA) is 38.8 Å². The molecule has 0 atom stereocenters. The van der Waals surface area contributed by atoms with Crippen LogP contribution < -0.4 is 14.4 Å². The second-order valence-electron chi connectivity index (χ2n) is 5.96. The first-order valence-corrected chi connectivity index (χ1v) is 7.72. The molecule has 4 nitrogen and oxygen atoms in total. The van der Waals surface area contributed by atoms with Crippen LogP contribution in [0.1, 0.15) is 19.4 Å². The molecule has 0 bridgehead atoms. The largest absolute Gasteiger partial charge is 0.497 e. The summed E-state index contributed by atoms with van der Waals surface area (Å²) in [6, 6.07) is 13.0. The van der Waals surface area contributed by atoms with Crippen LogP contribution in [0.15, 0.2) is 42.5 Å². The van der Waals surface area contributed by atoms with E-state index < -0.39 is 5.60 Å². The summed E-state index contributed by atoms with van der Waals surface area (Å²) in [5.41, 5.74) is 0.785. The molecule has 1 aliphatic rings. The van der Waals surface area contributed by atoms with E-state index in [1.54, 1.807) is 44.1 Å². The van der Waals surface area contributed by atoms with Gasteiger partial charge in [0, 0.05) is 5.02 Å². The molecular formula is C18H18ClNO3. The molecule has 1 amide bonds. The zero-order chi connectivity index (χ0) is 16.6. The van der Waals surface area contributed by atoms with Gasteiger partial charge >= 0.3 is 0 Å². The van der Waals surface area contributed by atoms with Gasteiger partial charge in [-0.3, -0.25) is 4.79 Å². The van der Waals surface area contributed by atoms with E-state index in [-0.39, 0.29) is 5.91 Å². The average Bonchev–Trinajstić information content (AvgIpc) is 2.53. The molecule has 120 valence electrons. The lowest BCUT2D eigenvalue weighted by Crippen LogP contribution is -2.52. The normalized spacial score (nSPS) is 15.8. The average molecular weight is 332 g/mol. The van der Waals surface area contributed by atoms with Gasteiger partial charge in [0.1, 0.15) is 11.5 Å². The summed E-state index contributed by atoms with van der Waals surface area (Å²) >= 11 is 6.09. The SMILES string of the molecule is COc1ccc(CN2C(=O)C(C)(C)Oc3ccc(Cl)cc32)cc1. The van der Waals surface area contributed by atoms with Crippen molar-refractivity contribution < 1.29 is 14.3 Å². The van der Waals surface area contributed by atoms with Crippen LogP contribution in [-0.4, -0.2) is 18.6 Å². The second-order valence-corrected chi connectivity index (χ2v) is 6.40. The first kappa shape index (κ1) is 15.7. The van der Waals surface area contributed by atoms with Gasteiger partial charge in [0.25, 0.3) is 5.91 Å². The molecule has 2 aromatic rings. The summed E-state index contributed by atoms with van der Waals surface area (Å²) in [4.78, 5) is 14.5. The highest BCUT2D eigenvalue weighted by Crippen LogP contribution is 2.40. The summed E-state index contributed by atoms with van der Waals surface area (Å²) in [5.74, 6) is 1.35. The van der Waals surface area contributed by atoms with Gasteiger partial charge in [-0.25, -0.2) is 0 Å². The molecule has 1 aliphatic heterocycles. The number of amides is 1. The predicted octanol–water partition coefficient (Wildman–Crippen LogP) is 4.05. The van der Waals surface area contributed by atoms with Gasteiger partial charge in [-0.05, 0) is 49.7 Å². The quantitative estimate of drug-likeness (QED) is 0.851. The molecule has 0 saturated heterocycles. The van der Waals surface area contributed by atoms with Crippen molar-refractivity contribution in [3.05, 3.63) is 53.1 Å². The lowest BCUT2D eigenvalue weighted by molar-refractivity contribution is -0.132. The highest BCUT2D eigenvalue weighted by atomic mass is 35.5. The number of methoxy groups -OCH3 is 1. The molecule has 0 aliphatic carbocycles. The van der Waals surface area contributed by atoms with Crippen LogP contribution in [-0.2, 0) is 11.3 Å². The standard InChI is InChI=1S/C18H18ClNO3/c1-18(2)17(21)20(11-12-4-7-14(22-3)8-5-12)15-10-13(19)6-9-16(15)23-18/h4-10H,11H2,1-3H3. The molecule has 0 radical (unpaired) electrons. The van der Waals surface area contributed by atoms with Crippen LogP contribution in [0.25, 0.3) is 0 Å². The third-order valence-corrected chi connectivity index (χ3v) is 4.07. The van der Waals surface area contributed by atoms with E-state index in [1.807, 2.05) is 24.3 Å². The fourth-order valence-corrected chi connectivity index (χ4v) is 2.78. The van der Waals surface area contributed by atoms with E-state index >= 15 is 0 Å². The van der Waals surface area contributed by atoms with Gasteiger partial charge in [-0.15, -0.1) is 0 Å². The molecule has 0 saturated carbocycles. The predicted molar refractivity (Wildman–Crippen MR) is 90.3 cm³/mol. The Morgan fingerprint density at radius 1 is 1.17 bits per heavy atom. The van der Waals surface area contributed by atoms with Crippen molar-refractivity contribution in [1.29, 1.82) is 0 Å². The highest BCUT2D eigenvalue weighted by Gasteiger charge is 2.40. The fourth-order valence-electron chi connectivity index (χ4n) is 2.61. The number of ether oxygens (including phenoxy) is 2. The summed E-state index contributed by atoms with van der Waals surface area (Å²) in [6.07, 6.45) is 0. The van der Waals surface area contributed by atoms with E-state index in [0.29, 0.717) is 23.0 Å². The summed E-state index contributed by atoms with van der Waals surface area (Å²) < 4.78 is 11.0. The first-order valence-electron chi connectivity index (χ1n) is 7.34. The Balaban J connectivity index is 1.98. The van der Waals surface area contributed by atoms with Crippen LogP contribution in [0.4, 0.5) is 5.69 Å². The molecule has 0 spiro atoms. The Kier molecular flexibility index (Phi) is 3.94. The van der Waals surface area contributed by atoms with Crippen molar-refractivity contribution in [1.82, 2.24) is 0 Å². The molecule has 5 heteroatoms. The van der Waals surface area contributed by atoms with E-state index in [4.69, 9.17) is 21.1 Å². The van der Waals surface area contributed by atoms with E-state index in [9.17, 15) is 4.79 Å². The number of halogens is 1. The number of hydrogen-bond acceptors (Lipinski definition) is 3. The first-order chi connectivity index (χ1) is 10.9. The summed E-state index contributed by atoms with van der Waals surface area (Å²) in [7, 11) is 1.63. The van der Waals surface area contributed by atoms with Crippen molar-refractivity contribution in [3.63, 3.8) is 0 Å². The summed E-state index contributed by atoms with van der Waals surface area (Å²) in [6.45, 7) is 3.99. The smallest absolute Gasteiger partial charge is 0.271 e. The van der Waals surface area contributed by atoms with E-state index in [1.165, 1.54) is 0 Å². The molecule has 3 rings (SSSR count). The van der Waals surface area contributed by atoms with Crippen molar-refractivity contribution in [3.8, 4) is 11.5 Å². The number of rotatable bonds is 3. The third kappa shape index (κ3) is 2.99. The number of carbonyl (C=O) groups is 1. The van der Waals surface area contributed by atoms with E-state index in [2.05, 4.69) is 0 Å². The van der Waals surface area contributed by atoms with Crippen LogP contribution >= 0.6 is 11.6 Å². The number of anilines is 1. The Labute approximate surface area is 140 Å². The molecule has 1 heterocycles. The second kappa shape index (κ2) is 5.78. The molecule has 0 aromatic heterocycles. The van der Waals surface area contributed by atoms with Gasteiger partial charge in [-0.2, -0.15) is 0 Å². The Hall–Kier alpha value is -2.20. The molecule has 0 N–H and O–H groups in total. The minimum absolute atomic E-state index is 0.0944. The van der Waals surface area contributed by atoms with Crippen molar-refractivity contribution in [2.24, 2.45) is 0 Å².